The van der Waals surface area contributed by atoms with Crippen molar-refractivity contribution in [2.24, 2.45) is 0 Å². The molecule has 1 aliphatic rings. The van der Waals surface area contributed by atoms with Gasteiger partial charge in [0, 0.05) is 6.07 Å². The summed E-state index contributed by atoms with van der Waals surface area (Å²) in [6.07, 6.45) is 2.24. The van der Waals surface area contributed by atoms with Crippen LogP contribution in [0.1, 0.15) is 35.6 Å². The fourth-order valence-electron chi connectivity index (χ4n) is 2.70. The zero-order valence-electron chi connectivity index (χ0n) is 11.5. The molecule has 1 aliphatic carbocycles. The highest BCUT2D eigenvalue weighted by Crippen LogP contribution is 2.32. The van der Waals surface area contributed by atoms with Gasteiger partial charge in [0.1, 0.15) is 24.0 Å². The molecule has 2 nitrogen and oxygen atoms in total. The predicted octanol–water partition coefficient (Wildman–Crippen LogP) is 3.91. The Kier molecular flexibility index (Phi) is 3.88. The Morgan fingerprint density at radius 3 is 2.62 bits per heavy atom. The molecule has 0 saturated heterocycles. The summed E-state index contributed by atoms with van der Waals surface area (Å²) >= 11 is 0. The first-order chi connectivity index (χ1) is 10.1. The normalized spacial score (nSPS) is 17.4. The lowest BCUT2D eigenvalue weighted by Crippen LogP contribution is -2.09. The molecule has 4 heteroatoms. The van der Waals surface area contributed by atoms with Gasteiger partial charge < -0.3 is 9.84 Å². The molecule has 1 N–H and O–H groups in total. The van der Waals surface area contributed by atoms with Crippen LogP contribution in [0.3, 0.4) is 0 Å². The Morgan fingerprint density at radius 1 is 1.10 bits per heavy atom. The molecule has 0 saturated carbocycles. The van der Waals surface area contributed by atoms with E-state index < -0.39 is 17.7 Å². The van der Waals surface area contributed by atoms with Crippen molar-refractivity contribution in [2.75, 3.05) is 0 Å². The van der Waals surface area contributed by atoms with Gasteiger partial charge in [0.15, 0.2) is 0 Å². The maximum Gasteiger partial charge on any atom is 0.126 e. The number of aliphatic hydroxyl groups is 1. The Morgan fingerprint density at radius 2 is 1.86 bits per heavy atom. The molecular weight excluding hydrogens is 274 g/mol. The molecule has 1 atom stereocenters. The van der Waals surface area contributed by atoms with Crippen molar-refractivity contribution < 1.29 is 18.6 Å². The maximum absolute atomic E-state index is 13.1. The fraction of sp³-hybridized carbons (Fsp3) is 0.294. The highest BCUT2D eigenvalue weighted by Gasteiger charge is 2.18. The molecule has 0 aliphatic heterocycles. The summed E-state index contributed by atoms with van der Waals surface area (Å²) in [5.41, 5.74) is 2.47. The van der Waals surface area contributed by atoms with E-state index in [9.17, 15) is 13.9 Å². The topological polar surface area (TPSA) is 29.5 Å². The van der Waals surface area contributed by atoms with Gasteiger partial charge in [-0.2, -0.15) is 0 Å². The van der Waals surface area contributed by atoms with Crippen LogP contribution >= 0.6 is 0 Å². The van der Waals surface area contributed by atoms with Crippen molar-refractivity contribution in [3.63, 3.8) is 0 Å². The smallest absolute Gasteiger partial charge is 0.126 e. The van der Waals surface area contributed by atoms with Crippen LogP contribution in [0.5, 0.6) is 5.75 Å². The van der Waals surface area contributed by atoms with Gasteiger partial charge >= 0.3 is 0 Å². The van der Waals surface area contributed by atoms with E-state index >= 15 is 0 Å². The SMILES string of the molecule is OC1CCCc2ccc(OCc3cc(F)cc(F)c3)cc21. The van der Waals surface area contributed by atoms with Gasteiger partial charge in [-0.25, -0.2) is 8.78 Å². The highest BCUT2D eigenvalue weighted by atomic mass is 19.1. The molecule has 2 aromatic carbocycles. The standard InChI is InChI=1S/C17H16F2O2/c18-13-6-11(7-14(19)8-13)10-21-15-5-4-12-2-1-3-17(20)16(12)9-15/h4-9,17,20H,1-3,10H2. The van der Waals surface area contributed by atoms with Crippen molar-refractivity contribution >= 4 is 0 Å². The third-order valence-corrected chi connectivity index (χ3v) is 3.73. The van der Waals surface area contributed by atoms with E-state index in [0.29, 0.717) is 11.3 Å². The quantitative estimate of drug-likeness (QED) is 0.928. The monoisotopic (exact) mass is 290 g/mol. The summed E-state index contributed by atoms with van der Waals surface area (Å²) in [5.74, 6) is -0.636. The second-order valence-corrected chi connectivity index (χ2v) is 5.34. The average molecular weight is 290 g/mol. The number of ether oxygens (including phenoxy) is 1. The van der Waals surface area contributed by atoms with Crippen LogP contribution in [-0.2, 0) is 13.0 Å². The van der Waals surface area contributed by atoms with E-state index in [1.807, 2.05) is 18.2 Å². The summed E-state index contributed by atoms with van der Waals surface area (Å²) in [7, 11) is 0. The molecule has 110 valence electrons. The molecule has 0 aromatic heterocycles. The minimum Gasteiger partial charge on any atom is -0.489 e. The van der Waals surface area contributed by atoms with Gasteiger partial charge in [-0.3, -0.25) is 0 Å². The summed E-state index contributed by atoms with van der Waals surface area (Å²) in [6.45, 7) is 0.0869. The molecule has 21 heavy (non-hydrogen) atoms. The number of hydrogen-bond acceptors (Lipinski definition) is 2. The largest absolute Gasteiger partial charge is 0.489 e. The van der Waals surface area contributed by atoms with Crippen molar-refractivity contribution in [1.29, 1.82) is 0 Å². The number of halogens is 2. The zero-order valence-corrected chi connectivity index (χ0v) is 11.5. The number of aliphatic hydroxyl groups excluding tert-OH is 1. The molecular formula is C17H16F2O2. The lowest BCUT2D eigenvalue weighted by Gasteiger charge is -2.22. The molecule has 0 fully saturated rings. The Balaban J connectivity index is 1.75. The molecule has 0 amide bonds. The minimum atomic E-state index is -0.616. The number of hydrogen-bond donors (Lipinski definition) is 1. The second-order valence-electron chi connectivity index (χ2n) is 5.34. The van der Waals surface area contributed by atoms with Gasteiger partial charge in [0.25, 0.3) is 0 Å². The van der Waals surface area contributed by atoms with Gasteiger partial charge in [0.2, 0.25) is 0 Å². The van der Waals surface area contributed by atoms with Gasteiger partial charge in [-0.05, 0) is 60.2 Å². The minimum absolute atomic E-state index is 0.0869. The maximum atomic E-state index is 13.1. The second kappa shape index (κ2) is 5.82. The van der Waals surface area contributed by atoms with Crippen LogP contribution < -0.4 is 4.74 Å². The van der Waals surface area contributed by atoms with Crippen LogP contribution in [0.25, 0.3) is 0 Å². The van der Waals surface area contributed by atoms with Crippen molar-refractivity contribution in [2.45, 2.75) is 32.0 Å². The van der Waals surface area contributed by atoms with Gasteiger partial charge in [-0.1, -0.05) is 6.07 Å². The lowest BCUT2D eigenvalue weighted by molar-refractivity contribution is 0.156. The first-order valence-corrected chi connectivity index (χ1v) is 7.00. The van der Waals surface area contributed by atoms with Crippen LogP contribution in [0.15, 0.2) is 36.4 Å². The summed E-state index contributed by atoms with van der Waals surface area (Å²) in [4.78, 5) is 0. The molecule has 3 rings (SSSR count). The predicted molar refractivity (Wildman–Crippen MR) is 75.0 cm³/mol. The first kappa shape index (κ1) is 14.0. The molecule has 0 heterocycles. The van der Waals surface area contributed by atoms with Crippen LogP contribution in [0, 0.1) is 11.6 Å². The number of rotatable bonds is 3. The molecule has 1 unspecified atom stereocenters. The molecule has 0 bridgehead atoms. The Bertz CT molecular complexity index is 635. The number of benzene rings is 2. The van der Waals surface area contributed by atoms with E-state index in [0.717, 1.165) is 36.5 Å². The van der Waals surface area contributed by atoms with E-state index in [1.165, 1.54) is 12.1 Å². The van der Waals surface area contributed by atoms with Crippen molar-refractivity contribution in [3.05, 3.63) is 64.7 Å². The summed E-state index contributed by atoms with van der Waals surface area (Å²) in [5, 5.41) is 9.99. The van der Waals surface area contributed by atoms with Crippen molar-refractivity contribution in [1.82, 2.24) is 0 Å². The van der Waals surface area contributed by atoms with Crippen LogP contribution in [0.4, 0.5) is 8.78 Å². The Hall–Kier alpha value is -1.94. The van der Waals surface area contributed by atoms with E-state index in [1.54, 1.807) is 0 Å². The fourth-order valence-corrected chi connectivity index (χ4v) is 2.70. The molecule has 0 spiro atoms. The van der Waals surface area contributed by atoms with Crippen LogP contribution in [-0.4, -0.2) is 5.11 Å². The van der Waals surface area contributed by atoms with E-state index in [4.69, 9.17) is 4.74 Å². The van der Waals surface area contributed by atoms with E-state index in [2.05, 4.69) is 0 Å². The highest BCUT2D eigenvalue weighted by molar-refractivity contribution is 5.38. The van der Waals surface area contributed by atoms with E-state index in [-0.39, 0.29) is 6.61 Å². The zero-order chi connectivity index (χ0) is 14.8. The summed E-state index contributed by atoms with van der Waals surface area (Å²) < 4.78 is 31.8. The van der Waals surface area contributed by atoms with Crippen LogP contribution in [0.2, 0.25) is 0 Å². The average Bonchev–Trinajstić information content (AvgIpc) is 2.45. The first-order valence-electron chi connectivity index (χ1n) is 7.00. The summed E-state index contributed by atoms with van der Waals surface area (Å²) in [6, 6.07) is 8.91. The third-order valence-electron chi connectivity index (χ3n) is 3.73. The van der Waals surface area contributed by atoms with Gasteiger partial charge in [0.05, 0.1) is 6.10 Å². The Labute approximate surface area is 122 Å². The number of fused-ring (bicyclic) bond motifs is 1. The van der Waals surface area contributed by atoms with Gasteiger partial charge in [-0.15, -0.1) is 0 Å². The number of aryl methyl sites for hydroxylation is 1. The molecule has 2 aromatic rings. The third kappa shape index (κ3) is 3.22. The lowest BCUT2D eigenvalue weighted by atomic mass is 9.89. The van der Waals surface area contributed by atoms with Crippen molar-refractivity contribution in [3.8, 4) is 5.75 Å². The molecule has 0 radical (unpaired) electrons.